The molecular weight excluding hydrogens is 346 g/mol. The summed E-state index contributed by atoms with van der Waals surface area (Å²) in [6.07, 6.45) is 1.62. The molecule has 1 amide bonds. The highest BCUT2D eigenvalue weighted by molar-refractivity contribution is 6.12. The van der Waals surface area contributed by atoms with Gasteiger partial charge in [-0.3, -0.25) is 4.79 Å². The number of nitriles is 1. The van der Waals surface area contributed by atoms with Crippen molar-refractivity contribution in [1.82, 2.24) is 0 Å². The smallest absolute Gasteiger partial charge is 0.266 e. The van der Waals surface area contributed by atoms with Gasteiger partial charge in [0.15, 0.2) is 0 Å². The summed E-state index contributed by atoms with van der Waals surface area (Å²) in [7, 11) is 0. The summed E-state index contributed by atoms with van der Waals surface area (Å²) in [5, 5.41) is 14.3. The van der Waals surface area contributed by atoms with Crippen molar-refractivity contribution in [3.8, 4) is 6.07 Å². The van der Waals surface area contributed by atoms with Gasteiger partial charge in [-0.2, -0.15) is 5.26 Å². The highest BCUT2D eigenvalue weighted by Crippen LogP contribution is 2.24. The van der Waals surface area contributed by atoms with Gasteiger partial charge in [0.05, 0.1) is 0 Å². The number of rotatable bonds is 6. The van der Waals surface area contributed by atoms with Crippen LogP contribution in [0.5, 0.6) is 0 Å². The molecule has 0 bridgehead atoms. The molecule has 3 aromatic carbocycles. The molecule has 0 heterocycles. The highest BCUT2D eigenvalue weighted by Gasteiger charge is 2.11. The van der Waals surface area contributed by atoms with Crippen LogP contribution in [-0.4, -0.2) is 19.0 Å². The predicted molar refractivity (Wildman–Crippen MR) is 116 cm³/mol. The quantitative estimate of drug-likeness (QED) is 0.478. The Morgan fingerprint density at radius 3 is 2.36 bits per heavy atom. The Balaban J connectivity index is 1.82. The van der Waals surface area contributed by atoms with Crippen molar-refractivity contribution in [2.75, 3.05) is 23.3 Å². The highest BCUT2D eigenvalue weighted by atomic mass is 16.1. The largest absolute Gasteiger partial charge is 0.372 e. The zero-order valence-electron chi connectivity index (χ0n) is 16.1. The number of fused-ring (bicyclic) bond motifs is 1. The van der Waals surface area contributed by atoms with Crippen LogP contribution in [0, 0.1) is 11.3 Å². The molecule has 140 valence electrons. The standard InChI is InChI=1S/C24H23N3O/c1-3-27(4-2)21-14-12-18(13-15-21)16-20(17-25)24(28)26-23-11-7-9-19-8-5-6-10-22(19)23/h5-16H,3-4H2,1-2H3,(H,26,28)/b20-16+. The fourth-order valence-electron chi connectivity index (χ4n) is 3.21. The van der Waals surface area contributed by atoms with E-state index in [4.69, 9.17) is 0 Å². The molecule has 0 saturated carbocycles. The maximum Gasteiger partial charge on any atom is 0.266 e. The lowest BCUT2D eigenvalue weighted by Gasteiger charge is -2.20. The monoisotopic (exact) mass is 369 g/mol. The summed E-state index contributed by atoms with van der Waals surface area (Å²) in [4.78, 5) is 14.9. The third kappa shape index (κ3) is 4.21. The Kier molecular flexibility index (Phi) is 6.08. The Labute approximate surface area is 165 Å². The molecule has 0 aliphatic rings. The van der Waals surface area contributed by atoms with Crippen LogP contribution in [0.3, 0.4) is 0 Å². The maximum absolute atomic E-state index is 12.6. The Morgan fingerprint density at radius 2 is 1.68 bits per heavy atom. The number of hydrogen-bond acceptors (Lipinski definition) is 3. The minimum atomic E-state index is -0.410. The fraction of sp³-hybridized carbons (Fsp3) is 0.167. The van der Waals surface area contributed by atoms with E-state index in [0.717, 1.165) is 35.1 Å². The summed E-state index contributed by atoms with van der Waals surface area (Å²) in [6.45, 7) is 6.09. The molecule has 0 fully saturated rings. The number of anilines is 2. The lowest BCUT2D eigenvalue weighted by Crippen LogP contribution is -2.21. The first-order chi connectivity index (χ1) is 13.7. The molecule has 0 saturated heterocycles. The molecule has 0 unspecified atom stereocenters. The van der Waals surface area contributed by atoms with Crippen LogP contribution in [0.4, 0.5) is 11.4 Å². The van der Waals surface area contributed by atoms with Crippen LogP contribution in [0.25, 0.3) is 16.8 Å². The summed E-state index contributed by atoms with van der Waals surface area (Å²) >= 11 is 0. The number of benzene rings is 3. The van der Waals surface area contributed by atoms with Crippen LogP contribution in [0.1, 0.15) is 19.4 Å². The topological polar surface area (TPSA) is 56.1 Å². The van der Waals surface area contributed by atoms with Crippen molar-refractivity contribution < 1.29 is 4.79 Å². The number of nitrogens with zero attached hydrogens (tertiary/aromatic N) is 2. The summed E-state index contributed by atoms with van der Waals surface area (Å²) < 4.78 is 0. The molecule has 0 atom stereocenters. The van der Waals surface area contributed by atoms with Crippen LogP contribution in [0.2, 0.25) is 0 Å². The van der Waals surface area contributed by atoms with E-state index in [0.29, 0.717) is 5.69 Å². The summed E-state index contributed by atoms with van der Waals surface area (Å²) in [5.41, 5.74) is 2.71. The van der Waals surface area contributed by atoms with E-state index >= 15 is 0 Å². The van der Waals surface area contributed by atoms with Gasteiger partial charge in [0.2, 0.25) is 0 Å². The number of amides is 1. The van der Waals surface area contributed by atoms with Gasteiger partial charge in [0, 0.05) is 29.9 Å². The molecule has 4 nitrogen and oxygen atoms in total. The Bertz CT molecular complexity index is 1040. The second kappa shape index (κ2) is 8.88. The van der Waals surface area contributed by atoms with E-state index in [9.17, 15) is 10.1 Å². The number of carbonyl (C=O) groups excluding carboxylic acids is 1. The molecule has 28 heavy (non-hydrogen) atoms. The first kappa shape index (κ1) is 19.2. The molecule has 4 heteroatoms. The van der Waals surface area contributed by atoms with Gasteiger partial charge in [-0.15, -0.1) is 0 Å². The van der Waals surface area contributed by atoms with E-state index < -0.39 is 5.91 Å². The molecule has 0 radical (unpaired) electrons. The molecule has 0 aromatic heterocycles. The van der Waals surface area contributed by atoms with Crippen LogP contribution < -0.4 is 10.2 Å². The second-order valence-electron chi connectivity index (χ2n) is 6.41. The van der Waals surface area contributed by atoms with E-state index in [-0.39, 0.29) is 5.57 Å². The Morgan fingerprint density at radius 1 is 1.00 bits per heavy atom. The van der Waals surface area contributed by atoms with E-state index in [1.807, 2.05) is 72.8 Å². The SMILES string of the molecule is CCN(CC)c1ccc(/C=C(\C#N)C(=O)Nc2cccc3ccccc23)cc1. The third-order valence-corrected chi connectivity index (χ3v) is 4.74. The van der Waals surface area contributed by atoms with Gasteiger partial charge >= 0.3 is 0 Å². The van der Waals surface area contributed by atoms with Crippen LogP contribution in [-0.2, 0) is 4.79 Å². The van der Waals surface area contributed by atoms with Crippen LogP contribution >= 0.6 is 0 Å². The number of hydrogen-bond donors (Lipinski definition) is 1. The van der Waals surface area contributed by atoms with Crippen LogP contribution in [0.15, 0.2) is 72.3 Å². The van der Waals surface area contributed by atoms with Gasteiger partial charge in [-0.1, -0.05) is 48.5 Å². The summed E-state index contributed by atoms with van der Waals surface area (Å²) in [5.74, 6) is -0.410. The van der Waals surface area contributed by atoms with E-state index in [2.05, 4.69) is 24.1 Å². The predicted octanol–water partition coefficient (Wildman–Crippen LogP) is 5.23. The van der Waals surface area contributed by atoms with Gasteiger partial charge in [-0.25, -0.2) is 0 Å². The average Bonchev–Trinajstić information content (AvgIpc) is 2.74. The molecule has 3 rings (SSSR count). The lowest BCUT2D eigenvalue weighted by molar-refractivity contribution is -0.112. The summed E-state index contributed by atoms with van der Waals surface area (Å²) in [6, 6.07) is 23.4. The van der Waals surface area contributed by atoms with Crippen molar-refractivity contribution >= 4 is 34.1 Å². The van der Waals surface area contributed by atoms with Crippen molar-refractivity contribution in [2.45, 2.75) is 13.8 Å². The molecule has 1 N–H and O–H groups in total. The maximum atomic E-state index is 12.6. The molecule has 3 aromatic rings. The number of carbonyl (C=O) groups is 1. The molecule has 0 aliphatic heterocycles. The first-order valence-corrected chi connectivity index (χ1v) is 9.42. The van der Waals surface area contributed by atoms with Crippen molar-refractivity contribution in [3.63, 3.8) is 0 Å². The first-order valence-electron chi connectivity index (χ1n) is 9.42. The zero-order chi connectivity index (χ0) is 19.9. The normalized spacial score (nSPS) is 11.1. The van der Waals surface area contributed by atoms with Gasteiger partial charge in [0.25, 0.3) is 5.91 Å². The van der Waals surface area contributed by atoms with Gasteiger partial charge in [-0.05, 0) is 49.1 Å². The van der Waals surface area contributed by atoms with E-state index in [1.54, 1.807) is 6.08 Å². The fourth-order valence-corrected chi connectivity index (χ4v) is 3.21. The molecule has 0 aliphatic carbocycles. The minimum absolute atomic E-state index is 0.0727. The van der Waals surface area contributed by atoms with Gasteiger partial charge in [0.1, 0.15) is 11.6 Å². The van der Waals surface area contributed by atoms with E-state index in [1.165, 1.54) is 0 Å². The third-order valence-electron chi connectivity index (χ3n) is 4.74. The van der Waals surface area contributed by atoms with Gasteiger partial charge < -0.3 is 10.2 Å². The van der Waals surface area contributed by atoms with Crippen molar-refractivity contribution in [1.29, 1.82) is 5.26 Å². The minimum Gasteiger partial charge on any atom is -0.372 e. The lowest BCUT2D eigenvalue weighted by atomic mass is 10.1. The zero-order valence-corrected chi connectivity index (χ0v) is 16.1. The molecular formula is C24H23N3O. The Hall–Kier alpha value is -3.58. The average molecular weight is 369 g/mol. The van der Waals surface area contributed by atoms with Crippen molar-refractivity contribution in [2.24, 2.45) is 0 Å². The van der Waals surface area contributed by atoms with Crippen molar-refractivity contribution in [3.05, 3.63) is 77.9 Å². The second-order valence-corrected chi connectivity index (χ2v) is 6.41. The molecule has 0 spiro atoms. The number of nitrogens with one attached hydrogen (secondary N) is 1.